The molecule has 0 saturated heterocycles. The summed E-state index contributed by atoms with van der Waals surface area (Å²) >= 11 is 11.7. The molecular weight excluding hydrogens is 343 g/mol. The Kier molecular flexibility index (Phi) is 7.12. The summed E-state index contributed by atoms with van der Waals surface area (Å²) in [6.45, 7) is 5.58. The second kappa shape index (κ2) is 8.38. The highest BCUT2D eigenvalue weighted by Crippen LogP contribution is 2.22. The van der Waals surface area contributed by atoms with Crippen molar-refractivity contribution in [2.24, 2.45) is 0 Å². The first-order chi connectivity index (χ1) is 10.6. The van der Waals surface area contributed by atoms with Gasteiger partial charge in [-0.05, 0) is 38.5 Å². The molecule has 3 N–H and O–H groups in total. The number of halogens is 2. The van der Waals surface area contributed by atoms with Crippen molar-refractivity contribution in [2.45, 2.75) is 39.0 Å². The lowest BCUT2D eigenvalue weighted by Gasteiger charge is -2.24. The number of carboxylic acid groups (broad SMARTS) is 1. The standard InChI is InChI=1S/C15H20Cl2N2O4/c1-15(2,3)23-8-12(19-14(21)22)13(20)18-7-9-4-5-10(16)11(17)6-9/h4-6,12,19H,7-8H2,1-3H3,(H,18,20)(H,21,22). The van der Waals surface area contributed by atoms with E-state index in [1.54, 1.807) is 18.2 Å². The Hall–Kier alpha value is -1.50. The van der Waals surface area contributed by atoms with Crippen LogP contribution in [0.25, 0.3) is 0 Å². The average molecular weight is 363 g/mol. The first kappa shape index (κ1) is 19.5. The normalized spacial score (nSPS) is 12.6. The molecule has 0 bridgehead atoms. The molecule has 2 amide bonds. The lowest BCUT2D eigenvalue weighted by Crippen LogP contribution is -2.49. The van der Waals surface area contributed by atoms with Crippen LogP contribution < -0.4 is 10.6 Å². The van der Waals surface area contributed by atoms with Crippen molar-refractivity contribution in [3.63, 3.8) is 0 Å². The largest absolute Gasteiger partial charge is 0.465 e. The molecule has 23 heavy (non-hydrogen) atoms. The highest BCUT2D eigenvalue weighted by atomic mass is 35.5. The van der Waals surface area contributed by atoms with Gasteiger partial charge in [-0.15, -0.1) is 0 Å². The maximum absolute atomic E-state index is 12.1. The van der Waals surface area contributed by atoms with Gasteiger partial charge in [0.25, 0.3) is 0 Å². The van der Waals surface area contributed by atoms with Gasteiger partial charge in [0.05, 0.1) is 22.3 Å². The average Bonchev–Trinajstić information content (AvgIpc) is 2.43. The number of hydrogen-bond acceptors (Lipinski definition) is 3. The Balaban J connectivity index is 2.64. The smallest absolute Gasteiger partial charge is 0.405 e. The second-order valence-electron chi connectivity index (χ2n) is 5.89. The first-order valence-electron chi connectivity index (χ1n) is 6.93. The van der Waals surface area contributed by atoms with E-state index in [4.69, 9.17) is 33.0 Å². The lowest BCUT2D eigenvalue weighted by molar-refractivity contribution is -0.126. The van der Waals surface area contributed by atoms with Crippen molar-refractivity contribution in [1.29, 1.82) is 0 Å². The van der Waals surface area contributed by atoms with Crippen LogP contribution in [-0.2, 0) is 16.1 Å². The van der Waals surface area contributed by atoms with Gasteiger partial charge in [-0.2, -0.15) is 0 Å². The van der Waals surface area contributed by atoms with Gasteiger partial charge in [0, 0.05) is 6.54 Å². The highest BCUT2D eigenvalue weighted by molar-refractivity contribution is 6.42. The van der Waals surface area contributed by atoms with Gasteiger partial charge >= 0.3 is 6.09 Å². The topological polar surface area (TPSA) is 87.7 Å². The van der Waals surface area contributed by atoms with E-state index in [0.29, 0.717) is 10.0 Å². The van der Waals surface area contributed by atoms with Gasteiger partial charge in [0.2, 0.25) is 5.91 Å². The number of carbonyl (C=O) groups is 2. The third-order valence-corrected chi connectivity index (χ3v) is 3.49. The zero-order valence-electron chi connectivity index (χ0n) is 13.2. The zero-order valence-corrected chi connectivity index (χ0v) is 14.7. The molecule has 1 rings (SSSR count). The fourth-order valence-corrected chi connectivity index (χ4v) is 1.95. The minimum atomic E-state index is -1.29. The van der Waals surface area contributed by atoms with E-state index in [-0.39, 0.29) is 13.2 Å². The van der Waals surface area contributed by atoms with Crippen molar-refractivity contribution >= 4 is 35.2 Å². The van der Waals surface area contributed by atoms with Crippen LogP contribution in [-0.4, -0.2) is 35.4 Å². The number of rotatable bonds is 6. The Bertz CT molecular complexity index is 573. The fourth-order valence-electron chi connectivity index (χ4n) is 1.63. The molecule has 0 spiro atoms. The monoisotopic (exact) mass is 362 g/mol. The third kappa shape index (κ3) is 7.54. The molecule has 0 aliphatic carbocycles. The Morgan fingerprint density at radius 3 is 2.43 bits per heavy atom. The predicted octanol–water partition coefficient (Wildman–Crippen LogP) is 3.06. The minimum absolute atomic E-state index is 0.0665. The summed E-state index contributed by atoms with van der Waals surface area (Å²) < 4.78 is 5.48. The van der Waals surface area contributed by atoms with Crippen molar-refractivity contribution < 1.29 is 19.4 Å². The summed E-state index contributed by atoms with van der Waals surface area (Å²) in [5.41, 5.74) is 0.265. The van der Waals surface area contributed by atoms with Crippen molar-refractivity contribution in [2.75, 3.05) is 6.61 Å². The molecule has 0 aliphatic rings. The van der Waals surface area contributed by atoms with Crippen molar-refractivity contribution in [1.82, 2.24) is 10.6 Å². The summed E-state index contributed by atoms with van der Waals surface area (Å²) in [5, 5.41) is 14.4. The van der Waals surface area contributed by atoms with Gasteiger partial charge in [-0.3, -0.25) is 4.79 Å². The number of hydrogen-bond donors (Lipinski definition) is 3. The Labute approximate surface area is 145 Å². The van der Waals surface area contributed by atoms with Gasteiger partial charge in [0.15, 0.2) is 0 Å². The van der Waals surface area contributed by atoms with Crippen molar-refractivity contribution in [3.8, 4) is 0 Å². The van der Waals surface area contributed by atoms with E-state index < -0.39 is 23.6 Å². The van der Waals surface area contributed by atoms with E-state index >= 15 is 0 Å². The Morgan fingerprint density at radius 1 is 1.26 bits per heavy atom. The molecule has 0 aliphatic heterocycles. The molecule has 128 valence electrons. The summed E-state index contributed by atoms with van der Waals surface area (Å²) in [4.78, 5) is 23.0. The van der Waals surface area contributed by atoms with Crippen LogP contribution in [0.1, 0.15) is 26.3 Å². The summed E-state index contributed by atoms with van der Waals surface area (Å²) in [6.07, 6.45) is -1.29. The first-order valence-corrected chi connectivity index (χ1v) is 7.69. The van der Waals surface area contributed by atoms with Gasteiger partial charge in [-0.25, -0.2) is 4.79 Å². The SMILES string of the molecule is CC(C)(C)OCC(NC(=O)O)C(=O)NCc1ccc(Cl)c(Cl)c1. The van der Waals surface area contributed by atoms with Crippen LogP contribution in [0.4, 0.5) is 4.79 Å². The molecule has 0 saturated carbocycles. The molecule has 1 atom stereocenters. The van der Waals surface area contributed by atoms with Crippen LogP contribution in [0, 0.1) is 0 Å². The van der Waals surface area contributed by atoms with E-state index in [2.05, 4.69) is 10.6 Å². The van der Waals surface area contributed by atoms with Crippen LogP contribution in [0.5, 0.6) is 0 Å². The second-order valence-corrected chi connectivity index (χ2v) is 6.71. The van der Waals surface area contributed by atoms with Crippen LogP contribution in [0.2, 0.25) is 10.0 Å². The molecular formula is C15H20Cl2N2O4. The lowest BCUT2D eigenvalue weighted by atomic mass is 10.2. The fraction of sp³-hybridized carbons (Fsp3) is 0.467. The molecule has 8 heteroatoms. The van der Waals surface area contributed by atoms with E-state index in [9.17, 15) is 9.59 Å². The molecule has 0 radical (unpaired) electrons. The maximum Gasteiger partial charge on any atom is 0.405 e. The summed E-state index contributed by atoms with van der Waals surface area (Å²) in [5.74, 6) is -0.484. The van der Waals surface area contributed by atoms with Gasteiger partial charge in [0.1, 0.15) is 6.04 Å². The molecule has 1 aromatic rings. The van der Waals surface area contributed by atoms with Crippen LogP contribution in [0.15, 0.2) is 18.2 Å². The summed E-state index contributed by atoms with van der Waals surface area (Å²) in [7, 11) is 0. The van der Waals surface area contributed by atoms with Gasteiger partial charge < -0.3 is 20.5 Å². The quantitative estimate of drug-likeness (QED) is 0.725. The number of benzene rings is 1. The highest BCUT2D eigenvalue weighted by Gasteiger charge is 2.23. The third-order valence-electron chi connectivity index (χ3n) is 2.75. The molecule has 1 unspecified atom stereocenters. The minimum Gasteiger partial charge on any atom is -0.465 e. The van der Waals surface area contributed by atoms with Crippen LogP contribution >= 0.6 is 23.2 Å². The predicted molar refractivity (Wildman–Crippen MR) is 89.0 cm³/mol. The van der Waals surface area contributed by atoms with E-state index in [1.807, 2.05) is 20.8 Å². The number of carbonyl (C=O) groups excluding carboxylic acids is 1. The van der Waals surface area contributed by atoms with E-state index in [0.717, 1.165) is 5.56 Å². The Morgan fingerprint density at radius 2 is 1.91 bits per heavy atom. The maximum atomic E-state index is 12.1. The number of ether oxygens (including phenoxy) is 1. The van der Waals surface area contributed by atoms with Crippen molar-refractivity contribution in [3.05, 3.63) is 33.8 Å². The van der Waals surface area contributed by atoms with E-state index in [1.165, 1.54) is 0 Å². The van der Waals surface area contributed by atoms with Crippen LogP contribution in [0.3, 0.4) is 0 Å². The molecule has 1 aromatic carbocycles. The summed E-state index contributed by atoms with van der Waals surface area (Å²) in [6, 6.07) is 3.98. The molecule has 0 heterocycles. The zero-order chi connectivity index (χ0) is 17.6. The molecule has 0 aromatic heterocycles. The number of nitrogens with one attached hydrogen (secondary N) is 2. The number of amides is 2. The molecule has 0 fully saturated rings. The van der Waals surface area contributed by atoms with Gasteiger partial charge in [-0.1, -0.05) is 29.3 Å². The molecule has 6 nitrogen and oxygen atoms in total.